The number of rotatable bonds is 3. The summed E-state index contributed by atoms with van der Waals surface area (Å²) >= 11 is 5.70. The van der Waals surface area contributed by atoms with E-state index in [1.807, 2.05) is 0 Å². The zero-order chi connectivity index (χ0) is 10.7. The summed E-state index contributed by atoms with van der Waals surface area (Å²) in [5.41, 5.74) is 0. The second-order valence-electron chi connectivity index (χ2n) is 3.41. The monoisotopic (exact) mass is 226 g/mol. The number of carbonyl (C=O) groups excluding carboxylic acids is 1. The Labute approximate surface area is 92.3 Å². The van der Waals surface area contributed by atoms with E-state index in [-0.39, 0.29) is 11.9 Å². The number of anilines is 1. The largest absolute Gasteiger partial charge is 0.368 e. The van der Waals surface area contributed by atoms with E-state index in [9.17, 15) is 4.79 Å². The Hall–Kier alpha value is -1.36. The number of hydrogen-bond acceptors (Lipinski definition) is 4. The molecule has 80 valence electrons. The van der Waals surface area contributed by atoms with E-state index in [0.717, 1.165) is 6.42 Å². The second kappa shape index (κ2) is 4.44. The average molecular weight is 227 g/mol. The summed E-state index contributed by atoms with van der Waals surface area (Å²) in [7, 11) is 0. The molecule has 0 bridgehead atoms. The van der Waals surface area contributed by atoms with Gasteiger partial charge in [-0.3, -0.25) is 4.79 Å². The van der Waals surface area contributed by atoms with E-state index in [4.69, 9.17) is 11.6 Å². The van der Waals surface area contributed by atoms with Gasteiger partial charge in [0.1, 0.15) is 17.3 Å². The number of halogens is 1. The molecule has 1 amide bonds. The molecular weight excluding hydrogens is 216 g/mol. The third kappa shape index (κ3) is 2.79. The summed E-state index contributed by atoms with van der Waals surface area (Å²) in [5.74, 6) is 0.790. The van der Waals surface area contributed by atoms with Crippen LogP contribution in [0.15, 0.2) is 12.4 Å². The van der Waals surface area contributed by atoms with Crippen LogP contribution in [0.3, 0.4) is 0 Å². The molecule has 0 saturated carbocycles. The summed E-state index contributed by atoms with van der Waals surface area (Å²) < 4.78 is 0. The molecule has 1 unspecified atom stereocenters. The molecule has 5 nitrogen and oxygen atoms in total. The van der Waals surface area contributed by atoms with Crippen LogP contribution >= 0.6 is 11.6 Å². The van der Waals surface area contributed by atoms with Crippen LogP contribution in [0, 0.1) is 0 Å². The van der Waals surface area contributed by atoms with E-state index >= 15 is 0 Å². The van der Waals surface area contributed by atoms with Crippen molar-refractivity contribution in [3.8, 4) is 0 Å². The number of hydrogen-bond donors (Lipinski definition) is 2. The first-order valence-corrected chi connectivity index (χ1v) is 5.12. The van der Waals surface area contributed by atoms with Gasteiger partial charge in [0.15, 0.2) is 0 Å². The van der Waals surface area contributed by atoms with Crippen molar-refractivity contribution in [2.75, 3.05) is 11.9 Å². The van der Waals surface area contributed by atoms with Crippen LogP contribution in [0.1, 0.15) is 12.8 Å². The van der Waals surface area contributed by atoms with Crippen LogP contribution in [-0.4, -0.2) is 28.5 Å². The van der Waals surface area contributed by atoms with Gasteiger partial charge in [-0.25, -0.2) is 9.97 Å². The Morgan fingerprint density at radius 2 is 2.47 bits per heavy atom. The summed E-state index contributed by atoms with van der Waals surface area (Å²) in [4.78, 5) is 18.7. The molecule has 1 fully saturated rings. The van der Waals surface area contributed by atoms with Crippen molar-refractivity contribution in [3.63, 3.8) is 0 Å². The zero-order valence-electron chi connectivity index (χ0n) is 8.03. The summed E-state index contributed by atoms with van der Waals surface area (Å²) in [5, 5.41) is 6.36. The predicted octanol–water partition coefficient (Wildman–Crippen LogP) is 0.820. The smallest absolute Gasteiger partial charge is 0.220 e. The Kier molecular flexibility index (Phi) is 3.01. The lowest BCUT2D eigenvalue weighted by molar-refractivity contribution is -0.119. The maximum atomic E-state index is 10.9. The van der Waals surface area contributed by atoms with Crippen molar-refractivity contribution in [1.29, 1.82) is 0 Å². The Morgan fingerprint density at radius 3 is 3.13 bits per heavy atom. The first-order chi connectivity index (χ1) is 7.24. The molecule has 15 heavy (non-hydrogen) atoms. The molecule has 1 saturated heterocycles. The molecule has 0 aromatic carbocycles. The highest BCUT2D eigenvalue weighted by Crippen LogP contribution is 2.10. The quantitative estimate of drug-likeness (QED) is 0.749. The predicted molar refractivity (Wildman–Crippen MR) is 56.7 cm³/mol. The Morgan fingerprint density at radius 1 is 1.60 bits per heavy atom. The minimum atomic E-state index is 0.113. The van der Waals surface area contributed by atoms with Gasteiger partial charge in [-0.05, 0) is 6.42 Å². The van der Waals surface area contributed by atoms with Crippen molar-refractivity contribution in [1.82, 2.24) is 15.3 Å². The molecule has 1 aromatic rings. The highest BCUT2D eigenvalue weighted by Gasteiger charge is 2.20. The maximum absolute atomic E-state index is 10.9. The number of nitrogens with one attached hydrogen (secondary N) is 2. The van der Waals surface area contributed by atoms with Gasteiger partial charge in [0.05, 0.1) is 0 Å². The maximum Gasteiger partial charge on any atom is 0.220 e. The molecule has 2 heterocycles. The van der Waals surface area contributed by atoms with Crippen molar-refractivity contribution in [2.45, 2.75) is 18.9 Å². The number of amides is 1. The Bertz CT molecular complexity index is 371. The average Bonchev–Trinajstić information content (AvgIpc) is 2.62. The van der Waals surface area contributed by atoms with E-state index < -0.39 is 0 Å². The van der Waals surface area contributed by atoms with Gasteiger partial charge in [-0.1, -0.05) is 11.6 Å². The lowest BCUT2D eigenvalue weighted by Crippen LogP contribution is -2.31. The number of carbonyl (C=O) groups is 1. The molecule has 0 aliphatic carbocycles. The molecule has 0 radical (unpaired) electrons. The second-order valence-corrected chi connectivity index (χ2v) is 3.80. The van der Waals surface area contributed by atoms with Gasteiger partial charge < -0.3 is 10.6 Å². The molecule has 2 rings (SSSR count). The van der Waals surface area contributed by atoms with Gasteiger partial charge in [0, 0.05) is 25.1 Å². The minimum absolute atomic E-state index is 0.113. The zero-order valence-corrected chi connectivity index (χ0v) is 8.79. The van der Waals surface area contributed by atoms with E-state index in [2.05, 4.69) is 20.6 Å². The van der Waals surface area contributed by atoms with Crippen molar-refractivity contribution < 1.29 is 4.79 Å². The third-order valence-corrected chi connectivity index (χ3v) is 2.45. The summed E-state index contributed by atoms with van der Waals surface area (Å²) in [6.07, 6.45) is 2.87. The summed E-state index contributed by atoms with van der Waals surface area (Å²) in [6.45, 7) is 0.666. The van der Waals surface area contributed by atoms with Crippen LogP contribution in [0.25, 0.3) is 0 Å². The summed E-state index contributed by atoms with van der Waals surface area (Å²) in [6, 6.07) is 1.84. The normalized spacial score (nSPS) is 20.1. The molecular formula is C9H11ClN4O. The van der Waals surface area contributed by atoms with Crippen LogP contribution in [0.2, 0.25) is 5.15 Å². The molecule has 1 aromatic heterocycles. The van der Waals surface area contributed by atoms with Gasteiger partial charge in [0.2, 0.25) is 5.91 Å². The topological polar surface area (TPSA) is 66.9 Å². The molecule has 1 aliphatic rings. The molecule has 1 atom stereocenters. The van der Waals surface area contributed by atoms with Crippen LogP contribution in [0.4, 0.5) is 5.82 Å². The lowest BCUT2D eigenvalue weighted by Gasteiger charge is -2.11. The molecule has 2 N–H and O–H groups in total. The Balaban J connectivity index is 1.85. The van der Waals surface area contributed by atoms with Gasteiger partial charge in [-0.2, -0.15) is 0 Å². The fourth-order valence-corrected chi connectivity index (χ4v) is 1.64. The van der Waals surface area contributed by atoms with E-state index in [1.165, 1.54) is 6.33 Å². The van der Waals surface area contributed by atoms with Crippen molar-refractivity contribution >= 4 is 23.3 Å². The standard InChI is InChI=1S/C9H11ClN4O/c10-7-3-8(13-5-12-7)11-4-6-1-2-9(15)14-6/h3,5-6H,1-2,4H2,(H,14,15)(H,11,12,13). The number of nitrogens with zero attached hydrogens (tertiary/aromatic N) is 2. The third-order valence-electron chi connectivity index (χ3n) is 2.25. The molecule has 6 heteroatoms. The fraction of sp³-hybridized carbons (Fsp3) is 0.444. The minimum Gasteiger partial charge on any atom is -0.368 e. The van der Waals surface area contributed by atoms with Crippen molar-refractivity contribution in [3.05, 3.63) is 17.5 Å². The van der Waals surface area contributed by atoms with Crippen LogP contribution in [-0.2, 0) is 4.79 Å². The highest BCUT2D eigenvalue weighted by molar-refractivity contribution is 6.29. The SMILES string of the molecule is O=C1CCC(CNc2cc(Cl)ncn2)N1. The van der Waals surface area contributed by atoms with Crippen LogP contribution < -0.4 is 10.6 Å². The van der Waals surface area contributed by atoms with Gasteiger partial charge >= 0.3 is 0 Å². The van der Waals surface area contributed by atoms with E-state index in [0.29, 0.717) is 23.9 Å². The highest BCUT2D eigenvalue weighted by atomic mass is 35.5. The first-order valence-electron chi connectivity index (χ1n) is 4.75. The first kappa shape index (κ1) is 10.2. The van der Waals surface area contributed by atoms with Crippen molar-refractivity contribution in [2.24, 2.45) is 0 Å². The molecule has 1 aliphatic heterocycles. The molecule has 0 spiro atoms. The number of aromatic nitrogens is 2. The van der Waals surface area contributed by atoms with E-state index in [1.54, 1.807) is 6.07 Å². The lowest BCUT2D eigenvalue weighted by atomic mass is 10.2. The van der Waals surface area contributed by atoms with Gasteiger partial charge in [-0.15, -0.1) is 0 Å². The fourth-order valence-electron chi connectivity index (χ4n) is 1.49. The van der Waals surface area contributed by atoms with Gasteiger partial charge in [0.25, 0.3) is 0 Å². The van der Waals surface area contributed by atoms with Crippen LogP contribution in [0.5, 0.6) is 0 Å².